The number of hydrogen-bond donors (Lipinski definition) is 1. The van der Waals surface area contributed by atoms with Crippen LogP contribution in [0.2, 0.25) is 0 Å². The summed E-state index contributed by atoms with van der Waals surface area (Å²) in [6.45, 7) is 5.81. The fourth-order valence-electron chi connectivity index (χ4n) is 3.09. The summed E-state index contributed by atoms with van der Waals surface area (Å²) in [6.07, 6.45) is 4.54. The van der Waals surface area contributed by atoms with Crippen molar-refractivity contribution in [2.24, 2.45) is 5.92 Å². The molecule has 1 fully saturated rings. The molecule has 1 saturated carbocycles. The number of carbonyl (C=O) groups is 2. The first-order valence-electron chi connectivity index (χ1n) is 8.00. The summed E-state index contributed by atoms with van der Waals surface area (Å²) in [5.74, 6) is -0.164. The number of amides is 1. The third-order valence-electron chi connectivity index (χ3n) is 4.25. The molecule has 120 valence electrons. The summed E-state index contributed by atoms with van der Waals surface area (Å²) in [4.78, 5) is 23.9. The lowest BCUT2D eigenvalue weighted by molar-refractivity contribution is -0.125. The first-order chi connectivity index (χ1) is 10.5. The highest BCUT2D eigenvalue weighted by atomic mass is 16.5. The lowest BCUT2D eigenvalue weighted by Crippen LogP contribution is -2.42. The van der Waals surface area contributed by atoms with Gasteiger partial charge in [-0.3, -0.25) is 4.79 Å². The number of esters is 1. The molecule has 1 aromatic carbocycles. The van der Waals surface area contributed by atoms with Crippen molar-refractivity contribution < 1.29 is 14.3 Å². The van der Waals surface area contributed by atoms with Crippen molar-refractivity contribution in [3.05, 3.63) is 34.9 Å². The van der Waals surface area contributed by atoms with Crippen LogP contribution in [0.25, 0.3) is 0 Å². The quantitative estimate of drug-likeness (QED) is 0.869. The summed E-state index contributed by atoms with van der Waals surface area (Å²) in [7, 11) is 0. The number of hydrogen-bond acceptors (Lipinski definition) is 3. The van der Waals surface area contributed by atoms with Crippen LogP contribution < -0.4 is 5.32 Å². The summed E-state index contributed by atoms with van der Waals surface area (Å²) >= 11 is 0. The highest BCUT2D eigenvalue weighted by Gasteiger charge is 2.23. The van der Waals surface area contributed by atoms with E-state index in [0.717, 1.165) is 30.4 Å². The molecule has 1 N–H and O–H groups in total. The number of aryl methyl sites for hydroxylation is 2. The van der Waals surface area contributed by atoms with Crippen LogP contribution in [0.1, 0.15) is 54.1 Å². The molecule has 0 heterocycles. The van der Waals surface area contributed by atoms with E-state index in [0.29, 0.717) is 11.5 Å². The lowest BCUT2D eigenvalue weighted by Gasteiger charge is -2.29. The Morgan fingerprint density at radius 1 is 1.14 bits per heavy atom. The van der Waals surface area contributed by atoms with Crippen LogP contribution in [0.3, 0.4) is 0 Å². The zero-order valence-electron chi connectivity index (χ0n) is 13.6. The van der Waals surface area contributed by atoms with Crippen LogP contribution in [0, 0.1) is 19.8 Å². The van der Waals surface area contributed by atoms with Crippen molar-refractivity contribution in [1.82, 2.24) is 5.32 Å². The maximum Gasteiger partial charge on any atom is 0.338 e. The molecule has 0 spiro atoms. The standard InChI is InChI=1S/C18H25NO3/c1-12-8-13(2)10-15(9-12)18(21)22-11-17(20)19-16-7-5-4-6-14(16)3/h8-10,14,16H,4-7,11H2,1-3H3,(H,19,20)/t14-,16-/m1/s1. The van der Waals surface area contributed by atoms with Crippen molar-refractivity contribution in [2.75, 3.05) is 6.61 Å². The number of nitrogens with one attached hydrogen (secondary N) is 1. The molecule has 22 heavy (non-hydrogen) atoms. The molecular formula is C18H25NO3. The SMILES string of the molecule is Cc1cc(C)cc(C(=O)OCC(=O)N[C@@H]2CCCC[C@H]2C)c1. The van der Waals surface area contributed by atoms with Crippen LogP contribution >= 0.6 is 0 Å². The summed E-state index contributed by atoms with van der Waals surface area (Å²) in [5, 5.41) is 2.98. The summed E-state index contributed by atoms with van der Waals surface area (Å²) in [5.41, 5.74) is 2.51. The van der Waals surface area contributed by atoms with Crippen LogP contribution in [-0.2, 0) is 9.53 Å². The Hall–Kier alpha value is -1.84. The molecule has 1 aromatic rings. The number of rotatable bonds is 4. The second kappa shape index (κ2) is 7.43. The van der Waals surface area contributed by atoms with Gasteiger partial charge >= 0.3 is 5.97 Å². The molecule has 1 aliphatic carbocycles. The first kappa shape index (κ1) is 16.5. The van der Waals surface area contributed by atoms with Crippen molar-refractivity contribution in [1.29, 1.82) is 0 Å². The van der Waals surface area contributed by atoms with E-state index in [1.807, 2.05) is 19.9 Å². The average Bonchev–Trinajstić information content (AvgIpc) is 2.46. The van der Waals surface area contributed by atoms with Gasteiger partial charge in [0.05, 0.1) is 5.56 Å². The Balaban J connectivity index is 1.83. The van der Waals surface area contributed by atoms with Crippen LogP contribution in [0.4, 0.5) is 0 Å². The summed E-state index contributed by atoms with van der Waals surface area (Å²) < 4.78 is 5.13. The molecule has 1 amide bonds. The van der Waals surface area contributed by atoms with E-state index in [4.69, 9.17) is 4.74 Å². The zero-order chi connectivity index (χ0) is 16.1. The fraction of sp³-hybridized carbons (Fsp3) is 0.556. The van der Waals surface area contributed by atoms with Crippen LogP contribution in [-0.4, -0.2) is 24.5 Å². The van der Waals surface area contributed by atoms with Crippen molar-refractivity contribution in [2.45, 2.75) is 52.5 Å². The van der Waals surface area contributed by atoms with Crippen LogP contribution in [0.5, 0.6) is 0 Å². The predicted molar refractivity (Wildman–Crippen MR) is 85.8 cm³/mol. The lowest BCUT2D eigenvalue weighted by atomic mass is 9.86. The normalized spacial score (nSPS) is 21.2. The Bertz CT molecular complexity index is 533. The molecule has 2 atom stereocenters. The molecule has 1 aliphatic rings. The minimum atomic E-state index is -0.446. The van der Waals surface area contributed by atoms with Gasteiger partial charge in [-0.05, 0) is 44.7 Å². The van der Waals surface area contributed by atoms with E-state index < -0.39 is 5.97 Å². The molecule has 2 rings (SSSR count). The number of carbonyl (C=O) groups excluding carboxylic acids is 2. The van der Waals surface area contributed by atoms with Gasteiger partial charge in [0.1, 0.15) is 0 Å². The summed E-state index contributed by atoms with van der Waals surface area (Å²) in [6, 6.07) is 5.75. The maximum atomic E-state index is 12.0. The molecule has 0 saturated heterocycles. The highest BCUT2D eigenvalue weighted by molar-refractivity contribution is 5.91. The van der Waals surface area contributed by atoms with E-state index in [2.05, 4.69) is 12.2 Å². The van der Waals surface area contributed by atoms with Gasteiger partial charge in [0.25, 0.3) is 5.91 Å². The Morgan fingerprint density at radius 3 is 2.41 bits per heavy atom. The zero-order valence-corrected chi connectivity index (χ0v) is 13.6. The van der Waals surface area contributed by atoms with Crippen molar-refractivity contribution in [3.63, 3.8) is 0 Å². The van der Waals surface area contributed by atoms with Gasteiger partial charge in [-0.1, -0.05) is 37.0 Å². The fourth-order valence-corrected chi connectivity index (χ4v) is 3.09. The van der Waals surface area contributed by atoms with E-state index in [9.17, 15) is 9.59 Å². The van der Waals surface area contributed by atoms with Crippen LogP contribution in [0.15, 0.2) is 18.2 Å². The van der Waals surface area contributed by atoms with Gasteiger partial charge in [0, 0.05) is 6.04 Å². The van der Waals surface area contributed by atoms with Crippen molar-refractivity contribution in [3.8, 4) is 0 Å². The molecule has 0 radical (unpaired) electrons. The van der Waals surface area contributed by atoms with Gasteiger partial charge in [0.15, 0.2) is 6.61 Å². The largest absolute Gasteiger partial charge is 0.452 e. The van der Waals surface area contributed by atoms with E-state index in [-0.39, 0.29) is 18.6 Å². The molecular weight excluding hydrogens is 278 g/mol. The Morgan fingerprint density at radius 2 is 1.77 bits per heavy atom. The Labute approximate surface area is 132 Å². The van der Waals surface area contributed by atoms with Gasteiger partial charge in [-0.25, -0.2) is 4.79 Å². The van der Waals surface area contributed by atoms with Gasteiger partial charge < -0.3 is 10.1 Å². The van der Waals surface area contributed by atoms with E-state index >= 15 is 0 Å². The monoisotopic (exact) mass is 303 g/mol. The Kier molecular flexibility index (Phi) is 5.58. The van der Waals surface area contributed by atoms with Crippen molar-refractivity contribution >= 4 is 11.9 Å². The highest BCUT2D eigenvalue weighted by Crippen LogP contribution is 2.23. The minimum Gasteiger partial charge on any atom is -0.452 e. The number of ether oxygens (including phenoxy) is 1. The average molecular weight is 303 g/mol. The minimum absolute atomic E-state index is 0.209. The first-order valence-corrected chi connectivity index (χ1v) is 8.00. The third kappa shape index (κ3) is 4.58. The molecule has 0 unspecified atom stereocenters. The molecule has 4 nitrogen and oxygen atoms in total. The smallest absolute Gasteiger partial charge is 0.338 e. The topological polar surface area (TPSA) is 55.4 Å². The molecule has 4 heteroatoms. The molecule has 0 aromatic heterocycles. The molecule has 0 bridgehead atoms. The number of benzene rings is 1. The maximum absolute atomic E-state index is 12.0. The second-order valence-corrected chi connectivity index (χ2v) is 6.39. The van der Waals surface area contributed by atoms with Gasteiger partial charge in [-0.2, -0.15) is 0 Å². The second-order valence-electron chi connectivity index (χ2n) is 6.39. The van der Waals surface area contributed by atoms with E-state index in [1.54, 1.807) is 12.1 Å². The third-order valence-corrected chi connectivity index (χ3v) is 4.25. The van der Waals surface area contributed by atoms with E-state index in [1.165, 1.54) is 6.42 Å². The molecule has 0 aliphatic heterocycles. The van der Waals surface area contributed by atoms with Gasteiger partial charge in [0.2, 0.25) is 0 Å². The predicted octanol–water partition coefficient (Wildman–Crippen LogP) is 3.16. The van der Waals surface area contributed by atoms with Gasteiger partial charge in [-0.15, -0.1) is 0 Å².